The molecule has 6 nitrogen and oxygen atoms in total. The summed E-state index contributed by atoms with van der Waals surface area (Å²) in [6, 6.07) is 11.3. The molecule has 0 bridgehead atoms. The predicted molar refractivity (Wildman–Crippen MR) is 96.7 cm³/mol. The van der Waals surface area contributed by atoms with E-state index in [1.54, 1.807) is 6.07 Å². The average Bonchev–Trinajstić information content (AvgIpc) is 3.21. The van der Waals surface area contributed by atoms with Gasteiger partial charge in [-0.05, 0) is 11.4 Å². The van der Waals surface area contributed by atoms with Crippen molar-refractivity contribution in [3.8, 4) is 0 Å². The van der Waals surface area contributed by atoms with E-state index in [0.29, 0.717) is 28.2 Å². The van der Waals surface area contributed by atoms with Crippen molar-refractivity contribution in [2.75, 3.05) is 11.1 Å². The first-order chi connectivity index (χ1) is 12.1. The lowest BCUT2D eigenvalue weighted by Gasteiger charge is -2.26. The van der Waals surface area contributed by atoms with Crippen LogP contribution >= 0.6 is 11.3 Å². The number of ketones is 1. The summed E-state index contributed by atoms with van der Waals surface area (Å²) in [5.74, 6) is -0.0629. The zero-order valence-corrected chi connectivity index (χ0v) is 13.7. The normalized spacial score (nSPS) is 17.8. The topological polar surface area (TPSA) is 101 Å². The van der Waals surface area contributed by atoms with Crippen LogP contribution < -0.4 is 16.6 Å². The number of aromatic nitrogens is 2. The quantitative estimate of drug-likeness (QED) is 0.627. The number of carbonyl (C=O) groups is 1. The third-order valence-electron chi connectivity index (χ3n) is 4.58. The van der Waals surface area contributed by atoms with Crippen molar-refractivity contribution < 1.29 is 4.79 Å². The molecule has 2 aliphatic rings. The van der Waals surface area contributed by atoms with Gasteiger partial charge in [0.2, 0.25) is 5.95 Å². The minimum Gasteiger partial charge on any atom is -0.369 e. The molecule has 5 rings (SSSR count). The second-order valence-electron chi connectivity index (χ2n) is 5.95. The van der Waals surface area contributed by atoms with Crippen molar-refractivity contribution in [1.82, 2.24) is 9.97 Å². The molecule has 3 aromatic rings. The number of H-pyrrole nitrogens is 1. The maximum atomic E-state index is 13.1. The molecular weight excluding hydrogens is 336 g/mol. The van der Waals surface area contributed by atoms with Crippen molar-refractivity contribution >= 4 is 34.6 Å². The fourth-order valence-corrected chi connectivity index (χ4v) is 4.42. The van der Waals surface area contributed by atoms with Crippen LogP contribution in [0.15, 0.2) is 52.1 Å². The second kappa shape index (κ2) is 4.90. The van der Waals surface area contributed by atoms with Crippen LogP contribution in [0.4, 0.5) is 11.8 Å². The fourth-order valence-electron chi connectivity index (χ4n) is 3.58. The molecule has 0 saturated heterocycles. The van der Waals surface area contributed by atoms with E-state index in [2.05, 4.69) is 15.3 Å². The van der Waals surface area contributed by atoms with Gasteiger partial charge in [0, 0.05) is 21.6 Å². The Kier molecular flexibility index (Phi) is 2.78. The Bertz CT molecular complexity index is 1130. The summed E-state index contributed by atoms with van der Waals surface area (Å²) >= 11 is 1.51. The highest BCUT2D eigenvalue weighted by molar-refractivity contribution is 7.10. The fraction of sp³-hybridized carbons (Fsp3) is 0.0556. The van der Waals surface area contributed by atoms with E-state index < -0.39 is 5.92 Å². The molecule has 0 radical (unpaired) electrons. The maximum absolute atomic E-state index is 13.1. The molecule has 1 aliphatic carbocycles. The minimum atomic E-state index is -0.456. The lowest BCUT2D eigenvalue weighted by Crippen LogP contribution is -2.28. The Labute approximate surface area is 146 Å². The van der Waals surface area contributed by atoms with Gasteiger partial charge in [0.05, 0.1) is 17.2 Å². The Morgan fingerprint density at radius 1 is 1.08 bits per heavy atom. The molecular formula is C18H12N4O2S. The highest BCUT2D eigenvalue weighted by Crippen LogP contribution is 2.48. The van der Waals surface area contributed by atoms with Crippen molar-refractivity contribution in [3.05, 3.63) is 79.3 Å². The molecule has 1 atom stereocenters. The van der Waals surface area contributed by atoms with E-state index in [4.69, 9.17) is 5.73 Å². The number of carbonyl (C=O) groups excluding carboxylic acids is 1. The second-order valence-corrected chi connectivity index (χ2v) is 6.93. The Balaban J connectivity index is 1.84. The molecule has 0 saturated carbocycles. The lowest BCUT2D eigenvalue weighted by molar-refractivity contribution is 0.103. The number of nitrogen functional groups attached to an aromatic ring is 1. The third-order valence-corrected chi connectivity index (χ3v) is 5.51. The number of Topliss-reactive ketones (excluding diaryl/α,β-unsaturated/α-hetero) is 1. The first kappa shape index (κ1) is 14.2. The number of nitrogens with zero attached hydrogens (tertiary/aromatic N) is 1. The zero-order valence-electron chi connectivity index (χ0n) is 12.9. The summed E-state index contributed by atoms with van der Waals surface area (Å²) in [5.41, 5.74) is 8.59. The Morgan fingerprint density at radius 3 is 2.64 bits per heavy atom. The van der Waals surface area contributed by atoms with E-state index in [1.165, 1.54) is 11.3 Å². The van der Waals surface area contributed by atoms with E-state index in [9.17, 15) is 9.59 Å². The highest BCUT2D eigenvalue weighted by atomic mass is 32.1. The molecule has 7 heteroatoms. The van der Waals surface area contributed by atoms with Gasteiger partial charge < -0.3 is 11.1 Å². The van der Waals surface area contributed by atoms with Gasteiger partial charge in [-0.2, -0.15) is 4.98 Å². The number of hydrogen-bond donors (Lipinski definition) is 3. The SMILES string of the molecule is Nc1nc2c(c(=O)[nH]1)C(c1cccs1)C1=C(N2)c2ccccc2C1=O. The van der Waals surface area contributed by atoms with Crippen molar-refractivity contribution in [3.63, 3.8) is 0 Å². The number of thiophene rings is 1. The Hall–Kier alpha value is -3.19. The van der Waals surface area contributed by atoms with Gasteiger partial charge in [-0.1, -0.05) is 30.3 Å². The number of aromatic amines is 1. The minimum absolute atomic E-state index is 0.0443. The van der Waals surface area contributed by atoms with Gasteiger partial charge in [-0.25, -0.2) is 0 Å². The number of fused-ring (bicyclic) bond motifs is 3. The Morgan fingerprint density at radius 2 is 1.88 bits per heavy atom. The molecule has 25 heavy (non-hydrogen) atoms. The molecule has 3 heterocycles. The third kappa shape index (κ3) is 1.87. The molecule has 1 aliphatic heterocycles. The molecule has 2 aromatic heterocycles. The van der Waals surface area contributed by atoms with Crippen LogP contribution in [0.2, 0.25) is 0 Å². The molecule has 1 unspecified atom stereocenters. The summed E-state index contributed by atoms with van der Waals surface area (Å²) in [6.07, 6.45) is 0. The van der Waals surface area contributed by atoms with Crippen molar-refractivity contribution in [1.29, 1.82) is 0 Å². The van der Waals surface area contributed by atoms with E-state index in [-0.39, 0.29) is 17.3 Å². The van der Waals surface area contributed by atoms with E-state index in [1.807, 2.05) is 35.7 Å². The molecule has 0 spiro atoms. The first-order valence-corrected chi connectivity index (χ1v) is 8.61. The maximum Gasteiger partial charge on any atom is 0.258 e. The number of nitrogens with two attached hydrogens (primary N) is 1. The zero-order chi connectivity index (χ0) is 17.1. The molecule has 0 amide bonds. The number of benzene rings is 1. The molecule has 122 valence electrons. The molecule has 1 aromatic carbocycles. The van der Waals surface area contributed by atoms with Crippen LogP contribution in [0.25, 0.3) is 5.70 Å². The standard InChI is InChI=1S/C18H12N4O2S/c19-18-21-16-13(17(24)22-18)11(10-6-3-7-25-10)12-14(20-16)8-4-1-2-5-9(8)15(12)23/h1-7,11H,(H4,19,20,21,22,24). The number of allylic oxidation sites excluding steroid dienone is 1. The molecule has 4 N–H and O–H groups in total. The summed E-state index contributed by atoms with van der Waals surface area (Å²) in [5, 5.41) is 5.10. The summed E-state index contributed by atoms with van der Waals surface area (Å²) in [6.45, 7) is 0. The monoisotopic (exact) mass is 348 g/mol. The van der Waals surface area contributed by atoms with E-state index >= 15 is 0 Å². The van der Waals surface area contributed by atoms with Crippen LogP contribution in [0.5, 0.6) is 0 Å². The van der Waals surface area contributed by atoms with Gasteiger partial charge in [-0.3, -0.25) is 14.6 Å². The van der Waals surface area contributed by atoms with E-state index in [0.717, 1.165) is 10.4 Å². The summed E-state index contributed by atoms with van der Waals surface area (Å²) in [7, 11) is 0. The highest BCUT2D eigenvalue weighted by Gasteiger charge is 2.42. The van der Waals surface area contributed by atoms with Crippen molar-refractivity contribution in [2.45, 2.75) is 5.92 Å². The largest absolute Gasteiger partial charge is 0.369 e. The first-order valence-electron chi connectivity index (χ1n) is 7.73. The summed E-state index contributed by atoms with van der Waals surface area (Å²) < 4.78 is 0. The van der Waals surface area contributed by atoms with Crippen LogP contribution in [-0.4, -0.2) is 15.8 Å². The lowest BCUT2D eigenvalue weighted by atomic mass is 9.86. The number of nitrogens with one attached hydrogen (secondary N) is 2. The van der Waals surface area contributed by atoms with Gasteiger partial charge in [-0.15, -0.1) is 11.3 Å². The van der Waals surface area contributed by atoms with Gasteiger partial charge >= 0.3 is 0 Å². The van der Waals surface area contributed by atoms with Gasteiger partial charge in [0.1, 0.15) is 5.82 Å². The summed E-state index contributed by atoms with van der Waals surface area (Å²) in [4.78, 5) is 33.4. The number of anilines is 2. The van der Waals surface area contributed by atoms with Crippen LogP contribution in [0.1, 0.15) is 32.3 Å². The van der Waals surface area contributed by atoms with Crippen LogP contribution in [0, 0.1) is 0 Å². The number of rotatable bonds is 1. The van der Waals surface area contributed by atoms with Crippen molar-refractivity contribution in [2.24, 2.45) is 0 Å². The van der Waals surface area contributed by atoms with Crippen LogP contribution in [-0.2, 0) is 0 Å². The van der Waals surface area contributed by atoms with Gasteiger partial charge in [0.15, 0.2) is 5.78 Å². The van der Waals surface area contributed by atoms with Gasteiger partial charge in [0.25, 0.3) is 5.56 Å². The smallest absolute Gasteiger partial charge is 0.258 e. The average molecular weight is 348 g/mol. The predicted octanol–water partition coefficient (Wildman–Crippen LogP) is 2.58. The number of hydrogen-bond acceptors (Lipinski definition) is 6. The van der Waals surface area contributed by atoms with Crippen LogP contribution in [0.3, 0.4) is 0 Å². The molecule has 0 fully saturated rings.